The first kappa shape index (κ1) is 10.3. The zero-order valence-corrected chi connectivity index (χ0v) is 10.2. The molecule has 0 aromatic carbocycles. The highest BCUT2D eigenvalue weighted by atomic mass is 35.5. The standard InChI is InChI=1S/C12H16ClN3/c1-8-6-14-11(13)16-10(8)15-7-12(4-5-12)9-2-3-9/h6,9H,2-5,7H2,1H3,(H,14,15,16). The fraction of sp³-hybridized carbons (Fsp3) is 0.667. The summed E-state index contributed by atoms with van der Waals surface area (Å²) in [6, 6.07) is 0. The Hall–Kier alpha value is -0.830. The third-order valence-electron chi connectivity index (χ3n) is 3.89. The second kappa shape index (κ2) is 3.59. The molecule has 1 aromatic rings. The van der Waals surface area contributed by atoms with E-state index in [1.807, 2.05) is 6.92 Å². The number of hydrogen-bond donors (Lipinski definition) is 1. The molecule has 2 saturated carbocycles. The van der Waals surface area contributed by atoms with Gasteiger partial charge in [0.05, 0.1) is 0 Å². The van der Waals surface area contributed by atoms with Crippen molar-refractivity contribution in [2.24, 2.45) is 11.3 Å². The van der Waals surface area contributed by atoms with Gasteiger partial charge in [-0.3, -0.25) is 0 Å². The fourth-order valence-electron chi connectivity index (χ4n) is 2.44. The third-order valence-corrected chi connectivity index (χ3v) is 4.07. The van der Waals surface area contributed by atoms with Crippen molar-refractivity contribution in [2.45, 2.75) is 32.6 Å². The lowest BCUT2D eigenvalue weighted by molar-refractivity contribution is 0.466. The van der Waals surface area contributed by atoms with Crippen molar-refractivity contribution >= 4 is 17.4 Å². The Morgan fingerprint density at radius 2 is 2.25 bits per heavy atom. The number of aromatic nitrogens is 2. The van der Waals surface area contributed by atoms with Crippen LogP contribution in [0.3, 0.4) is 0 Å². The van der Waals surface area contributed by atoms with Crippen LogP contribution in [0.5, 0.6) is 0 Å². The van der Waals surface area contributed by atoms with E-state index in [-0.39, 0.29) is 0 Å². The van der Waals surface area contributed by atoms with Crippen LogP contribution in [0.4, 0.5) is 5.82 Å². The van der Waals surface area contributed by atoms with Crippen LogP contribution in [-0.2, 0) is 0 Å². The summed E-state index contributed by atoms with van der Waals surface area (Å²) in [6.07, 6.45) is 7.37. The molecule has 0 radical (unpaired) electrons. The molecule has 0 unspecified atom stereocenters. The normalized spacial score (nSPS) is 21.9. The van der Waals surface area contributed by atoms with Crippen molar-refractivity contribution in [3.8, 4) is 0 Å². The maximum atomic E-state index is 5.80. The minimum Gasteiger partial charge on any atom is -0.369 e. The van der Waals surface area contributed by atoms with Gasteiger partial charge in [-0.1, -0.05) is 0 Å². The van der Waals surface area contributed by atoms with Gasteiger partial charge in [-0.05, 0) is 55.5 Å². The van der Waals surface area contributed by atoms with Crippen molar-refractivity contribution in [3.63, 3.8) is 0 Å². The van der Waals surface area contributed by atoms with Crippen LogP contribution in [0.15, 0.2) is 6.20 Å². The van der Waals surface area contributed by atoms with E-state index in [0.29, 0.717) is 10.7 Å². The third kappa shape index (κ3) is 1.88. The molecular formula is C12H16ClN3. The molecule has 2 fully saturated rings. The lowest BCUT2D eigenvalue weighted by Gasteiger charge is -2.16. The molecule has 16 heavy (non-hydrogen) atoms. The summed E-state index contributed by atoms with van der Waals surface area (Å²) in [5, 5.41) is 3.77. The van der Waals surface area contributed by atoms with Crippen molar-refractivity contribution in [3.05, 3.63) is 17.0 Å². The first-order chi connectivity index (χ1) is 7.70. The number of halogens is 1. The number of nitrogens with zero attached hydrogens (tertiary/aromatic N) is 2. The summed E-state index contributed by atoms with van der Waals surface area (Å²) in [7, 11) is 0. The molecule has 86 valence electrons. The molecule has 1 N–H and O–H groups in total. The predicted molar refractivity (Wildman–Crippen MR) is 64.7 cm³/mol. The lowest BCUT2D eigenvalue weighted by Crippen LogP contribution is -2.18. The highest BCUT2D eigenvalue weighted by Gasteiger charge is 2.53. The van der Waals surface area contributed by atoms with Crippen molar-refractivity contribution in [2.75, 3.05) is 11.9 Å². The van der Waals surface area contributed by atoms with Crippen LogP contribution < -0.4 is 5.32 Å². The first-order valence-electron chi connectivity index (χ1n) is 5.93. The summed E-state index contributed by atoms with van der Waals surface area (Å²) < 4.78 is 0. The molecule has 0 amide bonds. The summed E-state index contributed by atoms with van der Waals surface area (Å²) >= 11 is 5.80. The maximum Gasteiger partial charge on any atom is 0.224 e. The second-order valence-corrected chi connectivity index (χ2v) is 5.50. The van der Waals surface area contributed by atoms with E-state index < -0.39 is 0 Å². The van der Waals surface area contributed by atoms with Crippen LogP contribution >= 0.6 is 11.6 Å². The molecule has 4 heteroatoms. The van der Waals surface area contributed by atoms with E-state index in [1.165, 1.54) is 25.7 Å². The van der Waals surface area contributed by atoms with Gasteiger partial charge in [0.2, 0.25) is 5.28 Å². The van der Waals surface area contributed by atoms with Gasteiger partial charge in [0.1, 0.15) is 5.82 Å². The summed E-state index contributed by atoms with van der Waals surface area (Å²) in [4.78, 5) is 8.19. The van der Waals surface area contributed by atoms with Gasteiger partial charge < -0.3 is 5.32 Å². The molecule has 1 aromatic heterocycles. The quantitative estimate of drug-likeness (QED) is 0.818. The lowest BCUT2D eigenvalue weighted by atomic mass is 10.0. The molecule has 0 atom stereocenters. The Kier molecular flexibility index (Phi) is 2.32. The van der Waals surface area contributed by atoms with Gasteiger partial charge in [-0.2, -0.15) is 0 Å². The first-order valence-corrected chi connectivity index (χ1v) is 6.30. The van der Waals surface area contributed by atoms with E-state index >= 15 is 0 Å². The summed E-state index contributed by atoms with van der Waals surface area (Å²) in [5.74, 6) is 1.87. The largest absolute Gasteiger partial charge is 0.369 e. The summed E-state index contributed by atoms with van der Waals surface area (Å²) in [6.45, 7) is 3.06. The van der Waals surface area contributed by atoms with Crippen LogP contribution in [-0.4, -0.2) is 16.5 Å². The highest BCUT2D eigenvalue weighted by Crippen LogP contribution is 2.61. The van der Waals surface area contributed by atoms with Crippen molar-refractivity contribution in [1.82, 2.24) is 9.97 Å². The van der Waals surface area contributed by atoms with E-state index in [0.717, 1.165) is 23.8 Å². The Bertz CT molecular complexity index is 411. The Balaban J connectivity index is 1.67. The van der Waals surface area contributed by atoms with Gasteiger partial charge in [-0.25, -0.2) is 9.97 Å². The topological polar surface area (TPSA) is 37.8 Å². The highest BCUT2D eigenvalue weighted by molar-refractivity contribution is 6.28. The number of anilines is 1. The molecule has 0 spiro atoms. The van der Waals surface area contributed by atoms with Crippen LogP contribution in [0.1, 0.15) is 31.2 Å². The fourth-order valence-corrected chi connectivity index (χ4v) is 2.58. The summed E-state index contributed by atoms with van der Waals surface area (Å²) in [5.41, 5.74) is 1.65. The van der Waals surface area contributed by atoms with Crippen LogP contribution in [0, 0.1) is 18.3 Å². The minimum absolute atomic E-state index is 0.323. The number of nitrogens with one attached hydrogen (secondary N) is 1. The number of aryl methyl sites for hydroxylation is 1. The second-order valence-electron chi connectivity index (χ2n) is 5.16. The molecule has 3 rings (SSSR count). The molecular weight excluding hydrogens is 222 g/mol. The van der Waals surface area contributed by atoms with Gasteiger partial charge >= 0.3 is 0 Å². The maximum absolute atomic E-state index is 5.80. The van der Waals surface area contributed by atoms with Gasteiger partial charge in [0.25, 0.3) is 0 Å². The van der Waals surface area contributed by atoms with Gasteiger partial charge in [0, 0.05) is 18.3 Å². The van der Waals surface area contributed by atoms with E-state index in [2.05, 4.69) is 15.3 Å². The van der Waals surface area contributed by atoms with Crippen molar-refractivity contribution < 1.29 is 0 Å². The minimum atomic E-state index is 0.323. The molecule has 2 aliphatic carbocycles. The average molecular weight is 238 g/mol. The van der Waals surface area contributed by atoms with Crippen LogP contribution in [0.2, 0.25) is 5.28 Å². The molecule has 2 aliphatic rings. The van der Waals surface area contributed by atoms with Gasteiger partial charge in [0.15, 0.2) is 0 Å². The van der Waals surface area contributed by atoms with E-state index in [9.17, 15) is 0 Å². The Morgan fingerprint density at radius 1 is 1.50 bits per heavy atom. The molecule has 0 bridgehead atoms. The predicted octanol–water partition coefficient (Wildman–Crippen LogP) is 3.04. The molecule has 0 aliphatic heterocycles. The zero-order valence-electron chi connectivity index (χ0n) is 9.46. The average Bonchev–Trinajstić information content (AvgIpc) is 3.13. The van der Waals surface area contributed by atoms with Gasteiger partial charge in [-0.15, -0.1) is 0 Å². The van der Waals surface area contributed by atoms with Crippen molar-refractivity contribution in [1.29, 1.82) is 0 Å². The smallest absolute Gasteiger partial charge is 0.224 e. The number of hydrogen-bond acceptors (Lipinski definition) is 3. The monoisotopic (exact) mass is 237 g/mol. The molecule has 3 nitrogen and oxygen atoms in total. The Labute approximate surface area is 101 Å². The van der Waals surface area contributed by atoms with Crippen LogP contribution in [0.25, 0.3) is 0 Å². The van der Waals surface area contributed by atoms with E-state index in [1.54, 1.807) is 6.20 Å². The zero-order chi connectivity index (χ0) is 11.2. The Morgan fingerprint density at radius 3 is 2.88 bits per heavy atom. The molecule has 1 heterocycles. The number of rotatable bonds is 4. The SMILES string of the molecule is Cc1cnc(Cl)nc1NCC1(C2CC2)CC1. The van der Waals surface area contributed by atoms with E-state index in [4.69, 9.17) is 11.6 Å². The molecule has 0 saturated heterocycles.